The number of rotatable bonds is 23. The largest absolute Gasteiger partial charge is 0.463 e. The number of methoxy groups -OCH3 is 1. The minimum absolute atomic E-state index is 0.0130. The van der Waals surface area contributed by atoms with Crippen molar-refractivity contribution in [2.45, 2.75) is 103 Å². The first-order valence-corrected chi connectivity index (χ1v) is 14.5. The average Bonchev–Trinajstić information content (AvgIpc) is 2.75. The Morgan fingerprint density at radius 2 is 1.42 bits per heavy atom. The Labute approximate surface area is 195 Å². The molecule has 3 N–H and O–H groups in total. The van der Waals surface area contributed by atoms with Crippen LogP contribution in [0.15, 0.2) is 0 Å². The first kappa shape index (κ1) is 30.9. The third-order valence-corrected chi connectivity index (χ3v) is 6.66. The molecule has 0 rings (SSSR count). The fourth-order valence-corrected chi connectivity index (χ4v) is 4.28. The van der Waals surface area contributed by atoms with Crippen LogP contribution in [0.5, 0.6) is 0 Å². The van der Waals surface area contributed by atoms with E-state index >= 15 is 0 Å². The van der Waals surface area contributed by atoms with Crippen molar-refractivity contribution in [2.24, 2.45) is 5.73 Å². The van der Waals surface area contributed by atoms with Crippen LogP contribution in [-0.4, -0.2) is 50.4 Å². The molecule has 7 nitrogen and oxygen atoms in total. The summed E-state index contributed by atoms with van der Waals surface area (Å²) in [4.78, 5) is 21.7. The van der Waals surface area contributed by atoms with Crippen molar-refractivity contribution in [1.29, 1.82) is 0 Å². The van der Waals surface area contributed by atoms with Gasteiger partial charge in [0, 0.05) is 20.1 Å². The van der Waals surface area contributed by atoms with E-state index in [9.17, 15) is 9.69 Å². The summed E-state index contributed by atoms with van der Waals surface area (Å²) in [6.45, 7) is -0.671. The first-order chi connectivity index (χ1) is 14.9. The highest BCUT2D eigenvalue weighted by atomic mass is 32.5. The minimum atomic E-state index is -3.33. The van der Waals surface area contributed by atoms with Gasteiger partial charge in [0.2, 0.25) is 0 Å². The fraction of sp³-hybridized carbons (Fsp3) is 0.955. The van der Waals surface area contributed by atoms with Crippen molar-refractivity contribution < 1.29 is 28.2 Å². The zero-order valence-corrected chi connectivity index (χ0v) is 21.4. The van der Waals surface area contributed by atoms with Gasteiger partial charge in [0.05, 0.1) is 13.2 Å². The molecule has 0 aliphatic carbocycles. The third kappa shape index (κ3) is 21.5. The van der Waals surface area contributed by atoms with Crippen LogP contribution in [0.2, 0.25) is 0 Å². The lowest BCUT2D eigenvalue weighted by Gasteiger charge is -2.20. The minimum Gasteiger partial charge on any atom is -0.463 e. The molecule has 186 valence electrons. The summed E-state index contributed by atoms with van der Waals surface area (Å²) < 4.78 is 20.6. The number of hydrogen-bond donors (Lipinski definition) is 2. The molecular weight excluding hydrogens is 437 g/mol. The van der Waals surface area contributed by atoms with Gasteiger partial charge < -0.3 is 29.1 Å². The van der Waals surface area contributed by atoms with Crippen LogP contribution in [-0.2, 0) is 35.1 Å². The van der Waals surface area contributed by atoms with Crippen LogP contribution in [0.3, 0.4) is 0 Å². The van der Waals surface area contributed by atoms with E-state index in [1.807, 2.05) is 0 Å². The summed E-state index contributed by atoms with van der Waals surface area (Å²) in [5.74, 6) is -0.243. The molecule has 0 saturated carbocycles. The predicted molar refractivity (Wildman–Crippen MR) is 130 cm³/mol. The number of unbranched alkanes of at least 4 members (excludes halogenated alkanes) is 12. The summed E-state index contributed by atoms with van der Waals surface area (Å²) >= 11 is 4.86. The van der Waals surface area contributed by atoms with E-state index in [2.05, 4.69) is 6.92 Å². The van der Waals surface area contributed by atoms with Gasteiger partial charge in [-0.2, -0.15) is 0 Å². The topological polar surface area (TPSA) is 100 Å². The monoisotopic (exact) mass is 483 g/mol. The molecule has 0 heterocycles. The zero-order valence-electron chi connectivity index (χ0n) is 19.7. The van der Waals surface area contributed by atoms with Gasteiger partial charge in [-0.1, -0.05) is 84.0 Å². The first-order valence-electron chi connectivity index (χ1n) is 12.0. The quantitative estimate of drug-likeness (QED) is 0.116. The molecule has 0 aliphatic heterocycles. The summed E-state index contributed by atoms with van der Waals surface area (Å²) in [7, 11) is 1.48. The molecular formula is C22H46NO6PS. The smallest absolute Gasteiger partial charge is 0.324 e. The summed E-state index contributed by atoms with van der Waals surface area (Å²) in [6.07, 6.45) is 16.4. The normalized spacial score (nSPS) is 14.3. The van der Waals surface area contributed by atoms with Crippen molar-refractivity contribution in [2.75, 3.05) is 33.5 Å². The van der Waals surface area contributed by atoms with Crippen LogP contribution in [0.4, 0.5) is 0 Å². The molecule has 9 heteroatoms. The van der Waals surface area contributed by atoms with E-state index in [1.165, 1.54) is 77.7 Å². The van der Waals surface area contributed by atoms with Gasteiger partial charge in [0.1, 0.15) is 12.7 Å². The highest BCUT2D eigenvalue weighted by Crippen LogP contribution is 2.43. The highest BCUT2D eigenvalue weighted by Gasteiger charge is 2.19. The Hall–Kier alpha value is -0.0800. The Bertz CT molecular complexity index is 469. The molecule has 2 atom stereocenters. The molecule has 0 aromatic carbocycles. The van der Waals surface area contributed by atoms with Crippen LogP contribution >= 0.6 is 6.72 Å². The van der Waals surface area contributed by atoms with Crippen LogP contribution in [0, 0.1) is 0 Å². The van der Waals surface area contributed by atoms with Crippen molar-refractivity contribution in [1.82, 2.24) is 0 Å². The lowest BCUT2D eigenvalue weighted by molar-refractivity contribution is -0.148. The maximum atomic E-state index is 11.9. The van der Waals surface area contributed by atoms with E-state index < -0.39 is 12.8 Å². The van der Waals surface area contributed by atoms with E-state index in [-0.39, 0.29) is 32.3 Å². The van der Waals surface area contributed by atoms with Gasteiger partial charge in [-0.05, 0) is 18.2 Å². The molecule has 0 aromatic rings. The lowest BCUT2D eigenvalue weighted by Crippen LogP contribution is -2.25. The zero-order chi connectivity index (χ0) is 23.2. The molecule has 0 aliphatic rings. The lowest BCUT2D eigenvalue weighted by atomic mass is 10.0. The van der Waals surface area contributed by atoms with Gasteiger partial charge in [0.25, 0.3) is 0 Å². The van der Waals surface area contributed by atoms with Gasteiger partial charge in [-0.25, -0.2) is 0 Å². The summed E-state index contributed by atoms with van der Waals surface area (Å²) in [5.41, 5.74) is 5.30. The van der Waals surface area contributed by atoms with Crippen molar-refractivity contribution in [3.8, 4) is 0 Å². The van der Waals surface area contributed by atoms with E-state index in [0.29, 0.717) is 6.42 Å². The molecule has 2 unspecified atom stereocenters. The van der Waals surface area contributed by atoms with Crippen molar-refractivity contribution in [3.63, 3.8) is 0 Å². The summed E-state index contributed by atoms with van der Waals surface area (Å²) in [6, 6.07) is 0. The van der Waals surface area contributed by atoms with E-state index in [4.69, 9.17) is 36.1 Å². The van der Waals surface area contributed by atoms with Crippen LogP contribution in [0.25, 0.3) is 0 Å². The molecule has 0 radical (unpaired) electrons. The van der Waals surface area contributed by atoms with Gasteiger partial charge in [-0.3, -0.25) is 4.79 Å². The summed E-state index contributed by atoms with van der Waals surface area (Å²) in [5, 5.41) is 0. The Morgan fingerprint density at radius 1 is 0.903 bits per heavy atom. The molecule has 0 amide bonds. The fourth-order valence-electron chi connectivity index (χ4n) is 3.11. The van der Waals surface area contributed by atoms with Crippen LogP contribution < -0.4 is 5.73 Å². The van der Waals surface area contributed by atoms with Crippen LogP contribution in [0.1, 0.15) is 96.8 Å². The second kappa shape index (κ2) is 21.7. The van der Waals surface area contributed by atoms with Gasteiger partial charge in [-0.15, -0.1) is 0 Å². The standard InChI is InChI=1S/C22H46NO6PS/c1-3-4-5-6-7-8-9-10-11-12-13-14-15-16-22(24)27-19-21(26-2)20-29-30(25,31)28-18-17-23/h21H,3-20,23H2,1-2H3,(H,25,31). The van der Waals surface area contributed by atoms with Gasteiger partial charge in [0.15, 0.2) is 0 Å². The number of nitrogens with two attached hydrogens (primary N) is 1. The Morgan fingerprint density at radius 3 is 1.90 bits per heavy atom. The predicted octanol–water partition coefficient (Wildman–Crippen LogP) is 5.23. The number of carbonyl (C=O) groups excluding carboxylic acids is 1. The highest BCUT2D eigenvalue weighted by molar-refractivity contribution is 8.07. The number of esters is 1. The van der Waals surface area contributed by atoms with E-state index in [1.54, 1.807) is 0 Å². The number of hydrogen-bond acceptors (Lipinski definition) is 7. The maximum Gasteiger partial charge on any atom is 0.324 e. The number of carbonyl (C=O) groups is 1. The van der Waals surface area contributed by atoms with Crippen molar-refractivity contribution in [3.05, 3.63) is 0 Å². The second-order valence-corrected chi connectivity index (χ2v) is 10.8. The SMILES string of the molecule is CCCCCCCCCCCCCCCC(=O)OCC(COP(O)(=S)OCCN)OC. The molecule has 0 spiro atoms. The van der Waals surface area contributed by atoms with E-state index in [0.717, 1.165) is 12.8 Å². The molecule has 31 heavy (non-hydrogen) atoms. The Kier molecular flexibility index (Phi) is 21.7. The van der Waals surface area contributed by atoms with Gasteiger partial charge >= 0.3 is 12.7 Å². The Balaban J connectivity index is 3.58. The third-order valence-electron chi connectivity index (χ3n) is 5.04. The number of ether oxygens (including phenoxy) is 2. The molecule has 0 bridgehead atoms. The second-order valence-electron chi connectivity index (χ2n) is 7.92. The average molecular weight is 484 g/mol. The molecule has 0 fully saturated rings. The maximum absolute atomic E-state index is 11.9. The molecule has 0 aromatic heterocycles. The molecule has 0 saturated heterocycles. The van der Waals surface area contributed by atoms with Crippen molar-refractivity contribution >= 4 is 24.5 Å².